The summed E-state index contributed by atoms with van der Waals surface area (Å²) < 4.78 is 26.7. The van der Waals surface area contributed by atoms with E-state index in [0.29, 0.717) is 11.9 Å². The third kappa shape index (κ3) is 3.72. The van der Waals surface area contributed by atoms with Crippen molar-refractivity contribution >= 4 is 26.8 Å². The van der Waals surface area contributed by atoms with Gasteiger partial charge in [0.05, 0.1) is 4.90 Å². The molecule has 2 amide bonds. The van der Waals surface area contributed by atoms with Gasteiger partial charge in [-0.3, -0.25) is 0 Å². The lowest BCUT2D eigenvalue weighted by Crippen LogP contribution is -2.39. The minimum atomic E-state index is -3.89. The van der Waals surface area contributed by atoms with Crippen LogP contribution in [0.1, 0.15) is 19.8 Å². The van der Waals surface area contributed by atoms with Gasteiger partial charge < -0.3 is 5.32 Å². The Bertz CT molecular complexity index is 736. The summed E-state index contributed by atoms with van der Waals surface area (Å²) in [5.74, 6) is 0. The molecule has 0 saturated heterocycles. The number of hydrogen-bond donors (Lipinski definition) is 2. The van der Waals surface area contributed by atoms with Crippen molar-refractivity contribution < 1.29 is 13.2 Å². The molecular weight excluding hydrogens is 288 g/mol. The third-order valence-electron chi connectivity index (χ3n) is 3.08. The summed E-state index contributed by atoms with van der Waals surface area (Å²) in [6.07, 6.45) is 1.73. The van der Waals surface area contributed by atoms with Crippen LogP contribution in [0.5, 0.6) is 0 Å². The predicted molar refractivity (Wildman–Crippen MR) is 82.6 cm³/mol. The van der Waals surface area contributed by atoms with Crippen LogP contribution in [0.4, 0.5) is 4.79 Å². The fourth-order valence-electron chi connectivity index (χ4n) is 2.02. The SMILES string of the molecule is CCCCNC(=O)NS(=O)(=O)c1cccc2ccccc12. The van der Waals surface area contributed by atoms with E-state index in [9.17, 15) is 13.2 Å². The van der Waals surface area contributed by atoms with E-state index in [-0.39, 0.29) is 4.90 Å². The number of carbonyl (C=O) groups is 1. The van der Waals surface area contributed by atoms with Crippen molar-refractivity contribution in [1.29, 1.82) is 0 Å². The number of sulfonamides is 1. The van der Waals surface area contributed by atoms with E-state index in [1.807, 2.05) is 29.8 Å². The van der Waals surface area contributed by atoms with Crippen LogP contribution in [0.2, 0.25) is 0 Å². The van der Waals surface area contributed by atoms with Gasteiger partial charge in [0.1, 0.15) is 0 Å². The van der Waals surface area contributed by atoms with E-state index >= 15 is 0 Å². The van der Waals surface area contributed by atoms with Crippen molar-refractivity contribution in [3.05, 3.63) is 42.5 Å². The van der Waals surface area contributed by atoms with E-state index in [0.717, 1.165) is 18.2 Å². The fraction of sp³-hybridized carbons (Fsp3) is 0.267. The monoisotopic (exact) mass is 306 g/mol. The largest absolute Gasteiger partial charge is 0.337 e. The first-order valence-corrected chi connectivity index (χ1v) is 8.31. The zero-order valence-electron chi connectivity index (χ0n) is 11.8. The predicted octanol–water partition coefficient (Wildman–Crippen LogP) is 2.63. The van der Waals surface area contributed by atoms with Crippen molar-refractivity contribution in [2.75, 3.05) is 6.54 Å². The molecule has 0 bridgehead atoms. The van der Waals surface area contributed by atoms with Gasteiger partial charge in [0.15, 0.2) is 0 Å². The molecule has 0 spiro atoms. The molecule has 0 atom stereocenters. The molecular formula is C15H18N2O3S. The summed E-state index contributed by atoms with van der Waals surface area (Å²) in [7, 11) is -3.89. The summed E-state index contributed by atoms with van der Waals surface area (Å²) in [6, 6.07) is 11.4. The Labute approximate surface area is 124 Å². The standard InChI is InChI=1S/C15H18N2O3S/c1-2-3-11-16-15(18)17-21(19,20)14-10-6-8-12-7-4-5-9-13(12)14/h4-10H,2-3,11H2,1H3,(H2,16,17,18). The maximum absolute atomic E-state index is 12.3. The lowest BCUT2D eigenvalue weighted by Gasteiger charge is -2.10. The molecule has 0 saturated carbocycles. The number of urea groups is 1. The minimum absolute atomic E-state index is 0.103. The summed E-state index contributed by atoms with van der Waals surface area (Å²) in [5.41, 5.74) is 0. The zero-order chi connectivity index (χ0) is 15.3. The molecule has 2 aromatic rings. The second kappa shape index (κ2) is 6.58. The van der Waals surface area contributed by atoms with Crippen molar-refractivity contribution in [2.45, 2.75) is 24.7 Å². The topological polar surface area (TPSA) is 75.3 Å². The number of amides is 2. The number of unbranched alkanes of at least 4 members (excludes halogenated alkanes) is 1. The molecule has 2 aromatic carbocycles. The highest BCUT2D eigenvalue weighted by Crippen LogP contribution is 2.22. The highest BCUT2D eigenvalue weighted by molar-refractivity contribution is 7.90. The molecule has 0 radical (unpaired) electrons. The van der Waals surface area contributed by atoms with Gasteiger partial charge in [-0.25, -0.2) is 17.9 Å². The van der Waals surface area contributed by atoms with E-state index in [1.54, 1.807) is 18.2 Å². The quantitative estimate of drug-likeness (QED) is 0.834. The first-order chi connectivity index (χ1) is 10.0. The zero-order valence-corrected chi connectivity index (χ0v) is 12.6. The Morgan fingerprint density at radius 1 is 1.10 bits per heavy atom. The van der Waals surface area contributed by atoms with Crippen LogP contribution in [0.3, 0.4) is 0 Å². The molecule has 0 unspecified atom stereocenters. The first-order valence-electron chi connectivity index (χ1n) is 6.83. The average molecular weight is 306 g/mol. The average Bonchev–Trinajstić information content (AvgIpc) is 2.46. The van der Waals surface area contributed by atoms with Gasteiger partial charge in [0.2, 0.25) is 0 Å². The summed E-state index contributed by atoms with van der Waals surface area (Å²) >= 11 is 0. The molecule has 2 N–H and O–H groups in total. The molecule has 21 heavy (non-hydrogen) atoms. The van der Waals surface area contributed by atoms with Crippen LogP contribution in [-0.2, 0) is 10.0 Å². The first kappa shape index (κ1) is 15.3. The second-order valence-corrected chi connectivity index (χ2v) is 6.34. The van der Waals surface area contributed by atoms with E-state index < -0.39 is 16.1 Å². The van der Waals surface area contributed by atoms with Gasteiger partial charge in [0, 0.05) is 11.9 Å². The molecule has 0 aromatic heterocycles. The van der Waals surface area contributed by atoms with E-state index in [2.05, 4.69) is 5.32 Å². The molecule has 0 aliphatic rings. The molecule has 0 fully saturated rings. The van der Waals surface area contributed by atoms with Gasteiger partial charge in [-0.2, -0.15) is 0 Å². The Balaban J connectivity index is 2.24. The van der Waals surface area contributed by atoms with Gasteiger partial charge in [-0.15, -0.1) is 0 Å². The van der Waals surface area contributed by atoms with Gasteiger partial charge in [0.25, 0.3) is 10.0 Å². The summed E-state index contributed by atoms with van der Waals surface area (Å²) in [4.78, 5) is 11.7. The van der Waals surface area contributed by atoms with Gasteiger partial charge >= 0.3 is 6.03 Å². The highest BCUT2D eigenvalue weighted by Gasteiger charge is 2.19. The van der Waals surface area contributed by atoms with Gasteiger partial charge in [-0.1, -0.05) is 49.7 Å². The van der Waals surface area contributed by atoms with Crippen LogP contribution in [0, 0.1) is 0 Å². The van der Waals surface area contributed by atoms with Crippen molar-refractivity contribution in [3.63, 3.8) is 0 Å². The number of carbonyl (C=O) groups excluding carboxylic acids is 1. The summed E-state index contributed by atoms with van der Waals surface area (Å²) in [6.45, 7) is 2.44. The summed E-state index contributed by atoms with van der Waals surface area (Å²) in [5, 5.41) is 3.93. The smallest absolute Gasteiger partial charge is 0.328 e. The molecule has 0 aliphatic carbocycles. The number of hydrogen-bond acceptors (Lipinski definition) is 3. The van der Waals surface area contributed by atoms with Crippen molar-refractivity contribution in [3.8, 4) is 0 Å². The van der Waals surface area contributed by atoms with E-state index in [1.165, 1.54) is 6.07 Å². The van der Waals surface area contributed by atoms with Crippen LogP contribution >= 0.6 is 0 Å². The van der Waals surface area contributed by atoms with Crippen LogP contribution in [0.25, 0.3) is 10.8 Å². The number of benzene rings is 2. The number of rotatable bonds is 5. The molecule has 2 rings (SSSR count). The Morgan fingerprint density at radius 2 is 1.81 bits per heavy atom. The Hall–Kier alpha value is -2.08. The van der Waals surface area contributed by atoms with Crippen LogP contribution in [0.15, 0.2) is 47.4 Å². The maximum atomic E-state index is 12.3. The molecule has 0 heterocycles. The van der Waals surface area contributed by atoms with Gasteiger partial charge in [-0.05, 0) is 17.9 Å². The lowest BCUT2D eigenvalue weighted by atomic mass is 10.1. The minimum Gasteiger partial charge on any atom is -0.337 e. The van der Waals surface area contributed by atoms with Crippen molar-refractivity contribution in [2.24, 2.45) is 0 Å². The third-order valence-corrected chi connectivity index (χ3v) is 4.47. The Kier molecular flexibility index (Phi) is 4.80. The molecule has 0 aliphatic heterocycles. The second-order valence-electron chi connectivity index (χ2n) is 4.69. The highest BCUT2D eigenvalue weighted by atomic mass is 32.2. The fourth-order valence-corrected chi connectivity index (χ4v) is 3.18. The number of fused-ring (bicyclic) bond motifs is 1. The number of nitrogens with one attached hydrogen (secondary N) is 2. The van der Waals surface area contributed by atoms with Crippen molar-refractivity contribution in [1.82, 2.24) is 10.0 Å². The maximum Gasteiger partial charge on any atom is 0.328 e. The molecule has 5 nitrogen and oxygen atoms in total. The Morgan fingerprint density at radius 3 is 2.57 bits per heavy atom. The molecule has 112 valence electrons. The lowest BCUT2D eigenvalue weighted by molar-refractivity contribution is 0.245. The van der Waals surface area contributed by atoms with Crippen LogP contribution in [-0.4, -0.2) is 21.0 Å². The van der Waals surface area contributed by atoms with E-state index in [4.69, 9.17) is 0 Å². The molecule has 6 heteroatoms. The normalized spacial score (nSPS) is 11.3. The van der Waals surface area contributed by atoms with Crippen LogP contribution < -0.4 is 10.0 Å².